The first-order valence-electron chi connectivity index (χ1n) is 10.9. The van der Waals surface area contributed by atoms with Crippen molar-refractivity contribution in [1.82, 2.24) is 25.2 Å². The van der Waals surface area contributed by atoms with Crippen molar-refractivity contribution in [3.63, 3.8) is 0 Å². The van der Waals surface area contributed by atoms with Crippen LogP contribution in [0.4, 0.5) is 10.6 Å². The Labute approximate surface area is 188 Å². The summed E-state index contributed by atoms with van der Waals surface area (Å²) in [5.74, 6) is 2.45. The molecule has 0 bridgehead atoms. The predicted molar refractivity (Wildman–Crippen MR) is 124 cm³/mol. The number of aromatic nitrogens is 3. The van der Waals surface area contributed by atoms with Crippen LogP contribution in [-0.2, 0) is 7.05 Å². The lowest BCUT2D eigenvalue weighted by molar-refractivity contribution is 0.231. The smallest absolute Gasteiger partial charge is 0.315 e. The van der Waals surface area contributed by atoms with Crippen molar-refractivity contribution < 1.29 is 9.53 Å². The number of carbonyl (C=O) groups excluding carboxylic acids is 1. The lowest BCUT2D eigenvalue weighted by atomic mass is 10.0. The number of hydrogen-bond donors (Lipinski definition) is 2. The third kappa shape index (κ3) is 4.85. The van der Waals surface area contributed by atoms with Gasteiger partial charge in [0, 0.05) is 49.8 Å². The van der Waals surface area contributed by atoms with E-state index in [2.05, 4.69) is 25.5 Å². The van der Waals surface area contributed by atoms with Gasteiger partial charge in [0.25, 0.3) is 0 Å². The first-order chi connectivity index (χ1) is 15.5. The molecule has 1 aromatic carbocycles. The number of para-hydroxylation sites is 1. The van der Waals surface area contributed by atoms with E-state index in [1.54, 1.807) is 13.3 Å². The number of imidazole rings is 1. The predicted octanol–water partition coefficient (Wildman–Crippen LogP) is 3.19. The number of piperidine rings is 1. The molecule has 3 heterocycles. The van der Waals surface area contributed by atoms with Crippen LogP contribution < -0.4 is 20.3 Å². The second kappa shape index (κ2) is 9.72. The highest BCUT2D eigenvalue weighted by Crippen LogP contribution is 2.29. The van der Waals surface area contributed by atoms with E-state index in [9.17, 15) is 4.79 Å². The molecule has 3 aromatic rings. The molecule has 8 nitrogen and oxygen atoms in total. The average molecular weight is 435 g/mol. The van der Waals surface area contributed by atoms with Gasteiger partial charge in [-0.3, -0.25) is 0 Å². The summed E-state index contributed by atoms with van der Waals surface area (Å²) in [6.07, 6.45) is 5.33. The molecule has 1 fully saturated rings. The van der Waals surface area contributed by atoms with Crippen LogP contribution >= 0.6 is 0 Å². The van der Waals surface area contributed by atoms with Gasteiger partial charge in [0.15, 0.2) is 0 Å². The Balaban J connectivity index is 1.42. The number of ether oxygens (including phenoxy) is 1. The average Bonchev–Trinajstić information content (AvgIpc) is 3.23. The monoisotopic (exact) mass is 434 g/mol. The highest BCUT2D eigenvalue weighted by atomic mass is 16.5. The molecule has 0 aliphatic carbocycles. The topological polar surface area (TPSA) is 84.3 Å². The normalized spacial score (nSPS) is 15.3. The summed E-state index contributed by atoms with van der Waals surface area (Å²) in [5.41, 5.74) is 1.87. The Hall–Kier alpha value is -3.55. The van der Waals surface area contributed by atoms with Gasteiger partial charge >= 0.3 is 6.03 Å². The molecule has 168 valence electrons. The molecule has 0 spiro atoms. The van der Waals surface area contributed by atoms with Crippen LogP contribution in [0.5, 0.6) is 5.75 Å². The minimum Gasteiger partial charge on any atom is -0.496 e. The fourth-order valence-corrected chi connectivity index (χ4v) is 4.16. The highest BCUT2D eigenvalue weighted by molar-refractivity contribution is 5.75. The Morgan fingerprint density at radius 2 is 1.94 bits per heavy atom. The van der Waals surface area contributed by atoms with Gasteiger partial charge in [0.2, 0.25) is 0 Å². The molecule has 1 aliphatic heterocycles. The largest absolute Gasteiger partial charge is 0.496 e. The van der Waals surface area contributed by atoms with Crippen molar-refractivity contribution in [3.05, 3.63) is 71.9 Å². The van der Waals surface area contributed by atoms with Crippen molar-refractivity contribution in [3.8, 4) is 5.75 Å². The summed E-state index contributed by atoms with van der Waals surface area (Å²) in [7, 11) is 3.55. The van der Waals surface area contributed by atoms with Gasteiger partial charge in [-0.25, -0.2) is 14.8 Å². The molecule has 8 heteroatoms. The number of hydrogen-bond acceptors (Lipinski definition) is 5. The van der Waals surface area contributed by atoms with E-state index in [1.807, 2.05) is 67.2 Å². The first kappa shape index (κ1) is 21.7. The molecule has 2 aromatic heterocycles. The maximum absolute atomic E-state index is 13.0. The van der Waals surface area contributed by atoms with Crippen LogP contribution in [0, 0.1) is 6.92 Å². The number of methoxy groups -OCH3 is 1. The maximum Gasteiger partial charge on any atom is 0.315 e. The molecule has 1 atom stereocenters. The lowest BCUT2D eigenvalue weighted by Gasteiger charge is -2.33. The van der Waals surface area contributed by atoms with Crippen molar-refractivity contribution >= 4 is 11.8 Å². The highest BCUT2D eigenvalue weighted by Gasteiger charge is 2.26. The molecular weight excluding hydrogens is 404 g/mol. The van der Waals surface area contributed by atoms with E-state index >= 15 is 0 Å². The Kier molecular flexibility index (Phi) is 6.58. The quantitative estimate of drug-likeness (QED) is 0.623. The number of urea groups is 1. The zero-order valence-electron chi connectivity index (χ0n) is 18.8. The summed E-state index contributed by atoms with van der Waals surface area (Å²) < 4.78 is 7.45. The first-order valence-corrected chi connectivity index (χ1v) is 10.9. The number of rotatable bonds is 6. The fraction of sp³-hybridized carbons (Fsp3) is 0.375. The van der Waals surface area contributed by atoms with Crippen LogP contribution in [0.1, 0.15) is 36.0 Å². The zero-order chi connectivity index (χ0) is 22.5. The van der Waals surface area contributed by atoms with E-state index in [4.69, 9.17) is 4.74 Å². The van der Waals surface area contributed by atoms with Crippen LogP contribution in [0.15, 0.2) is 54.9 Å². The van der Waals surface area contributed by atoms with Gasteiger partial charge in [-0.05, 0) is 38.0 Å². The summed E-state index contributed by atoms with van der Waals surface area (Å²) in [4.78, 5) is 24.3. The van der Waals surface area contributed by atoms with Crippen LogP contribution in [0.2, 0.25) is 0 Å². The van der Waals surface area contributed by atoms with E-state index in [-0.39, 0.29) is 12.1 Å². The van der Waals surface area contributed by atoms with Crippen LogP contribution in [0.3, 0.4) is 0 Å². The molecule has 4 rings (SSSR count). The fourth-order valence-electron chi connectivity index (χ4n) is 4.16. The van der Waals surface area contributed by atoms with E-state index in [0.717, 1.165) is 48.8 Å². The molecule has 2 amide bonds. The Morgan fingerprint density at radius 1 is 1.16 bits per heavy atom. The number of anilines is 1. The second-order valence-electron chi connectivity index (χ2n) is 8.09. The van der Waals surface area contributed by atoms with Gasteiger partial charge in [0.05, 0.1) is 7.11 Å². The standard InChI is InChI=1S/C24H30N6O2/c1-17-7-6-10-21(26-17)30-14-11-18(12-15-30)27-24(31)28-22(23-25-13-16-29(23)2)19-8-4-5-9-20(19)32-3/h4-10,13,16,18,22H,11-12,14-15H2,1-3H3,(H2,27,28,31). The number of pyridine rings is 1. The van der Waals surface area contributed by atoms with E-state index in [1.165, 1.54) is 0 Å². The van der Waals surface area contributed by atoms with Crippen molar-refractivity contribution in [2.45, 2.75) is 31.8 Å². The van der Waals surface area contributed by atoms with Gasteiger partial charge in [-0.2, -0.15) is 0 Å². The summed E-state index contributed by atoms with van der Waals surface area (Å²) in [6, 6.07) is 13.2. The molecule has 1 saturated heterocycles. The lowest BCUT2D eigenvalue weighted by Crippen LogP contribution is -2.49. The molecule has 2 N–H and O–H groups in total. The van der Waals surface area contributed by atoms with Crippen LogP contribution in [-0.4, -0.2) is 46.8 Å². The Bertz CT molecular complexity index is 1060. The number of nitrogens with zero attached hydrogens (tertiary/aromatic N) is 4. The Morgan fingerprint density at radius 3 is 2.62 bits per heavy atom. The zero-order valence-corrected chi connectivity index (χ0v) is 18.8. The summed E-state index contributed by atoms with van der Waals surface area (Å²) in [6.45, 7) is 3.72. The van der Waals surface area contributed by atoms with E-state index in [0.29, 0.717) is 5.75 Å². The van der Waals surface area contributed by atoms with Gasteiger partial charge in [-0.15, -0.1) is 0 Å². The molecule has 0 saturated carbocycles. The van der Waals surface area contributed by atoms with Crippen molar-refractivity contribution in [1.29, 1.82) is 0 Å². The number of benzene rings is 1. The third-order valence-corrected chi connectivity index (χ3v) is 5.87. The summed E-state index contributed by atoms with van der Waals surface area (Å²) in [5, 5.41) is 6.26. The minimum atomic E-state index is -0.428. The molecular formula is C24H30N6O2. The van der Waals surface area contributed by atoms with Crippen molar-refractivity contribution in [2.24, 2.45) is 7.05 Å². The minimum absolute atomic E-state index is 0.107. The molecule has 0 radical (unpaired) electrons. The number of carbonyl (C=O) groups is 1. The van der Waals surface area contributed by atoms with Crippen molar-refractivity contribution in [2.75, 3.05) is 25.1 Å². The summed E-state index contributed by atoms with van der Waals surface area (Å²) >= 11 is 0. The van der Waals surface area contributed by atoms with Gasteiger partial charge in [-0.1, -0.05) is 24.3 Å². The number of nitrogens with one attached hydrogen (secondary N) is 2. The molecule has 1 unspecified atom stereocenters. The maximum atomic E-state index is 13.0. The number of amides is 2. The number of aryl methyl sites for hydroxylation is 2. The van der Waals surface area contributed by atoms with Gasteiger partial charge < -0.3 is 24.8 Å². The third-order valence-electron chi connectivity index (χ3n) is 5.87. The van der Waals surface area contributed by atoms with E-state index < -0.39 is 6.04 Å². The molecule has 32 heavy (non-hydrogen) atoms. The molecule has 1 aliphatic rings. The van der Waals surface area contributed by atoms with Crippen LogP contribution in [0.25, 0.3) is 0 Å². The van der Waals surface area contributed by atoms with Gasteiger partial charge in [0.1, 0.15) is 23.4 Å². The SMILES string of the molecule is COc1ccccc1C(NC(=O)NC1CCN(c2cccc(C)n2)CC1)c1nccn1C. The second-order valence-corrected chi connectivity index (χ2v) is 8.09.